The minimum atomic E-state index is -0.155. The number of imidazole rings is 1. The molecule has 0 amide bonds. The first-order valence-corrected chi connectivity index (χ1v) is 8.14. The highest BCUT2D eigenvalue weighted by Gasteiger charge is 2.28. The lowest BCUT2D eigenvalue weighted by Gasteiger charge is -2.21. The average Bonchev–Trinajstić information content (AvgIpc) is 3.22. The molecule has 1 aliphatic rings. The van der Waals surface area contributed by atoms with Gasteiger partial charge in [-0.3, -0.25) is 0 Å². The zero-order valence-corrected chi connectivity index (χ0v) is 13.3. The highest BCUT2D eigenvalue weighted by molar-refractivity contribution is 6.20. The predicted molar refractivity (Wildman–Crippen MR) is 85.4 cm³/mol. The molecule has 0 N–H and O–H groups in total. The molecule has 110 valence electrons. The molecule has 3 nitrogen and oxygen atoms in total. The minimum Gasteiger partial charge on any atom is -0.324 e. The van der Waals surface area contributed by atoms with E-state index < -0.39 is 0 Å². The monoisotopic (exact) mass is 301 g/mol. The van der Waals surface area contributed by atoms with Gasteiger partial charge in [0.25, 0.3) is 0 Å². The van der Waals surface area contributed by atoms with Crippen molar-refractivity contribution in [2.75, 3.05) is 0 Å². The van der Waals surface area contributed by atoms with Crippen LogP contribution in [0.25, 0.3) is 11.0 Å². The molecular weight excluding hydrogens is 282 g/mol. The fourth-order valence-corrected chi connectivity index (χ4v) is 3.24. The molecule has 1 saturated carbocycles. The summed E-state index contributed by atoms with van der Waals surface area (Å²) in [5.41, 5.74) is 2.46. The Morgan fingerprint density at radius 3 is 2.81 bits per heavy atom. The zero-order valence-electron chi connectivity index (χ0n) is 12.5. The number of hydrogen-bond acceptors (Lipinski definition) is 2. The number of nitriles is 1. The maximum Gasteiger partial charge on any atom is 0.128 e. The zero-order chi connectivity index (χ0) is 15.0. The van der Waals surface area contributed by atoms with Crippen molar-refractivity contribution in [3.05, 3.63) is 29.6 Å². The van der Waals surface area contributed by atoms with Gasteiger partial charge in [-0.05, 0) is 37.8 Å². The highest BCUT2D eigenvalue weighted by Crippen LogP contribution is 2.40. The topological polar surface area (TPSA) is 41.6 Å². The first kappa shape index (κ1) is 14.4. The van der Waals surface area contributed by atoms with Gasteiger partial charge in [0.1, 0.15) is 17.4 Å². The van der Waals surface area contributed by atoms with Crippen molar-refractivity contribution < 1.29 is 0 Å². The third kappa shape index (κ3) is 2.65. The third-order valence-electron chi connectivity index (χ3n) is 4.36. The van der Waals surface area contributed by atoms with Crippen LogP contribution in [0.5, 0.6) is 0 Å². The summed E-state index contributed by atoms with van der Waals surface area (Å²) in [5.74, 6) is 1.74. The molecule has 0 radical (unpaired) electrons. The van der Waals surface area contributed by atoms with E-state index in [1.807, 2.05) is 19.1 Å². The largest absolute Gasteiger partial charge is 0.324 e. The number of rotatable bonds is 5. The lowest BCUT2D eigenvalue weighted by Crippen LogP contribution is -2.13. The Morgan fingerprint density at radius 2 is 2.24 bits per heavy atom. The minimum absolute atomic E-state index is 0.155. The van der Waals surface area contributed by atoms with E-state index in [4.69, 9.17) is 11.6 Å². The van der Waals surface area contributed by atoms with Gasteiger partial charge in [0.15, 0.2) is 0 Å². The van der Waals surface area contributed by atoms with Crippen LogP contribution in [0.3, 0.4) is 0 Å². The van der Waals surface area contributed by atoms with E-state index in [2.05, 4.69) is 28.6 Å². The van der Waals surface area contributed by atoms with E-state index in [0.29, 0.717) is 11.6 Å². The number of benzene rings is 1. The van der Waals surface area contributed by atoms with E-state index in [-0.39, 0.29) is 5.38 Å². The molecular formula is C17H20ClN3. The van der Waals surface area contributed by atoms with E-state index in [0.717, 1.165) is 29.2 Å². The summed E-state index contributed by atoms with van der Waals surface area (Å²) in [6.07, 6.45) is 4.95. The van der Waals surface area contributed by atoms with Crippen molar-refractivity contribution in [1.82, 2.24) is 9.55 Å². The van der Waals surface area contributed by atoms with Gasteiger partial charge in [-0.25, -0.2) is 4.98 Å². The molecule has 1 aromatic carbocycles. The number of hydrogen-bond donors (Lipinski definition) is 0. The molecule has 1 aromatic heterocycles. The van der Waals surface area contributed by atoms with Crippen molar-refractivity contribution in [3.8, 4) is 6.07 Å². The molecule has 21 heavy (non-hydrogen) atoms. The molecule has 4 heteroatoms. The quantitative estimate of drug-likeness (QED) is 0.732. The van der Waals surface area contributed by atoms with E-state index in [9.17, 15) is 5.26 Å². The van der Waals surface area contributed by atoms with Gasteiger partial charge < -0.3 is 4.57 Å². The van der Waals surface area contributed by atoms with E-state index in [1.54, 1.807) is 0 Å². The number of nitrogens with zero attached hydrogens (tertiary/aromatic N) is 3. The summed E-state index contributed by atoms with van der Waals surface area (Å²) in [5, 5.41) is 9.14. The van der Waals surface area contributed by atoms with Crippen molar-refractivity contribution in [2.45, 2.75) is 50.9 Å². The normalized spacial score (nSPS) is 17.6. The lowest BCUT2D eigenvalue weighted by atomic mass is 10.1. The molecule has 0 bridgehead atoms. The van der Waals surface area contributed by atoms with Gasteiger partial charge in [-0.1, -0.05) is 25.8 Å². The van der Waals surface area contributed by atoms with Crippen LogP contribution in [0, 0.1) is 17.2 Å². The van der Waals surface area contributed by atoms with Crippen LogP contribution in [-0.4, -0.2) is 9.55 Å². The first-order chi connectivity index (χ1) is 10.2. The molecule has 1 heterocycles. The first-order valence-electron chi connectivity index (χ1n) is 7.70. The molecule has 1 fully saturated rings. The Bertz CT molecular complexity index is 692. The van der Waals surface area contributed by atoms with Crippen LogP contribution in [0.1, 0.15) is 62.3 Å². The summed E-state index contributed by atoms with van der Waals surface area (Å²) in [7, 11) is 0. The average molecular weight is 302 g/mol. The molecule has 0 saturated heterocycles. The van der Waals surface area contributed by atoms with Gasteiger partial charge in [0.2, 0.25) is 0 Å². The Kier molecular flexibility index (Phi) is 3.91. The fourth-order valence-electron chi connectivity index (χ4n) is 3.08. The third-order valence-corrected chi connectivity index (χ3v) is 4.56. The SMILES string of the molecule is CCC(CC1CC1)n1c(C(C)Cl)nc2c(C#N)cccc21. The molecule has 1 aliphatic carbocycles. The van der Waals surface area contributed by atoms with Gasteiger partial charge in [0.05, 0.1) is 16.5 Å². The number of halogens is 1. The molecule has 3 rings (SSSR count). The number of para-hydroxylation sites is 1. The van der Waals surface area contributed by atoms with Gasteiger partial charge in [-0.15, -0.1) is 11.6 Å². The van der Waals surface area contributed by atoms with Crippen molar-refractivity contribution in [3.63, 3.8) is 0 Å². The number of alkyl halides is 1. The Labute approximate surface area is 130 Å². The smallest absolute Gasteiger partial charge is 0.128 e. The Morgan fingerprint density at radius 1 is 1.48 bits per heavy atom. The van der Waals surface area contributed by atoms with Crippen molar-refractivity contribution in [1.29, 1.82) is 5.26 Å². The number of aromatic nitrogens is 2. The second-order valence-corrected chi connectivity index (χ2v) is 6.64. The second-order valence-electron chi connectivity index (χ2n) is 5.98. The fraction of sp³-hybridized carbons (Fsp3) is 0.529. The standard InChI is InChI=1S/C17H20ClN3/c1-3-14(9-12-7-8-12)21-15-6-4-5-13(10-19)16(15)20-17(21)11(2)18/h4-6,11-12,14H,3,7-9H2,1-2H3. The van der Waals surface area contributed by atoms with Crippen LogP contribution in [-0.2, 0) is 0 Å². The van der Waals surface area contributed by atoms with Crippen LogP contribution in [0.15, 0.2) is 18.2 Å². The summed E-state index contributed by atoms with van der Waals surface area (Å²) < 4.78 is 2.28. The maximum absolute atomic E-state index is 9.29. The van der Waals surface area contributed by atoms with Crippen LogP contribution in [0.2, 0.25) is 0 Å². The van der Waals surface area contributed by atoms with Crippen LogP contribution >= 0.6 is 11.6 Å². The van der Waals surface area contributed by atoms with Crippen LogP contribution < -0.4 is 0 Å². The Balaban J connectivity index is 2.17. The van der Waals surface area contributed by atoms with Crippen LogP contribution in [0.4, 0.5) is 0 Å². The Hall–Kier alpha value is -1.53. The van der Waals surface area contributed by atoms with E-state index in [1.165, 1.54) is 19.3 Å². The summed E-state index contributed by atoms with van der Waals surface area (Å²) in [6.45, 7) is 4.17. The molecule has 0 spiro atoms. The molecule has 2 unspecified atom stereocenters. The molecule has 2 atom stereocenters. The predicted octanol–water partition coefficient (Wildman–Crippen LogP) is 4.96. The van der Waals surface area contributed by atoms with Crippen molar-refractivity contribution in [2.24, 2.45) is 5.92 Å². The van der Waals surface area contributed by atoms with E-state index >= 15 is 0 Å². The summed E-state index contributed by atoms with van der Waals surface area (Å²) >= 11 is 6.36. The molecule has 2 aromatic rings. The highest BCUT2D eigenvalue weighted by atomic mass is 35.5. The van der Waals surface area contributed by atoms with Crippen molar-refractivity contribution >= 4 is 22.6 Å². The summed E-state index contributed by atoms with van der Waals surface area (Å²) in [4.78, 5) is 4.69. The molecule has 0 aliphatic heterocycles. The second kappa shape index (κ2) is 5.69. The van der Waals surface area contributed by atoms with Gasteiger partial charge >= 0.3 is 0 Å². The maximum atomic E-state index is 9.29. The van der Waals surface area contributed by atoms with Gasteiger partial charge in [0, 0.05) is 6.04 Å². The lowest BCUT2D eigenvalue weighted by molar-refractivity contribution is 0.425. The van der Waals surface area contributed by atoms with Gasteiger partial charge in [-0.2, -0.15) is 5.26 Å². The summed E-state index contributed by atoms with van der Waals surface area (Å²) in [6, 6.07) is 8.48. The number of fused-ring (bicyclic) bond motifs is 1.